The number of likely N-dealkylation sites (tertiary alicyclic amines) is 1. The molecular formula is C23H29NO3S. The molecule has 3 rings (SSSR count). The van der Waals surface area contributed by atoms with E-state index < -0.39 is 5.97 Å². The van der Waals surface area contributed by atoms with Gasteiger partial charge in [-0.05, 0) is 61.6 Å². The van der Waals surface area contributed by atoms with Gasteiger partial charge in [-0.25, -0.2) is 0 Å². The first-order chi connectivity index (χ1) is 13.5. The summed E-state index contributed by atoms with van der Waals surface area (Å²) in [5, 5.41) is 9.29. The number of ether oxygens (including phenoxy) is 1. The fourth-order valence-electron chi connectivity index (χ4n) is 3.59. The maximum absolute atomic E-state index is 11.3. The Bertz CT molecular complexity index is 776. The van der Waals surface area contributed by atoms with Gasteiger partial charge in [0.15, 0.2) is 0 Å². The number of hydrogen-bond donors (Lipinski definition) is 1. The van der Waals surface area contributed by atoms with Gasteiger partial charge in [0.2, 0.25) is 0 Å². The summed E-state index contributed by atoms with van der Waals surface area (Å²) in [5.41, 5.74) is 1.36. The summed E-state index contributed by atoms with van der Waals surface area (Å²) >= 11 is 1.70. The molecule has 0 spiro atoms. The standard InChI is InChI=1S/C23H29NO3S/c1-17(2)16-18-9-11-19(12-10-18)28-22-8-4-3-7-21(22)27-15-14-24-13-5-6-20(24)23(25)26/h3-4,7-12,17,20H,5-6,13-16H2,1-2H3,(H,25,26). The molecule has 1 atom stereocenters. The lowest BCUT2D eigenvalue weighted by Gasteiger charge is -2.21. The van der Waals surface area contributed by atoms with Crippen LogP contribution in [0.5, 0.6) is 5.75 Å². The molecule has 0 radical (unpaired) electrons. The normalized spacial score (nSPS) is 17.2. The van der Waals surface area contributed by atoms with Crippen molar-refractivity contribution in [3.05, 3.63) is 54.1 Å². The van der Waals surface area contributed by atoms with Gasteiger partial charge in [0.25, 0.3) is 0 Å². The topological polar surface area (TPSA) is 49.8 Å². The van der Waals surface area contributed by atoms with Crippen LogP contribution in [0.2, 0.25) is 0 Å². The summed E-state index contributed by atoms with van der Waals surface area (Å²) < 4.78 is 6.02. The van der Waals surface area contributed by atoms with E-state index in [2.05, 4.69) is 44.2 Å². The van der Waals surface area contributed by atoms with E-state index in [0.717, 1.165) is 36.5 Å². The molecule has 2 aromatic carbocycles. The van der Waals surface area contributed by atoms with Crippen LogP contribution >= 0.6 is 11.8 Å². The Kier molecular flexibility index (Phi) is 7.40. The van der Waals surface area contributed by atoms with Crippen molar-refractivity contribution in [2.45, 2.75) is 48.9 Å². The van der Waals surface area contributed by atoms with Crippen molar-refractivity contribution in [1.82, 2.24) is 4.90 Å². The molecule has 2 aromatic rings. The van der Waals surface area contributed by atoms with E-state index >= 15 is 0 Å². The number of carbonyl (C=O) groups is 1. The largest absolute Gasteiger partial charge is 0.491 e. The van der Waals surface area contributed by atoms with Crippen LogP contribution in [0.15, 0.2) is 58.3 Å². The van der Waals surface area contributed by atoms with Crippen molar-refractivity contribution in [1.29, 1.82) is 0 Å². The summed E-state index contributed by atoms with van der Waals surface area (Å²) in [6, 6.07) is 16.4. The van der Waals surface area contributed by atoms with Crippen molar-refractivity contribution < 1.29 is 14.6 Å². The van der Waals surface area contributed by atoms with Crippen LogP contribution in [0.3, 0.4) is 0 Å². The van der Waals surface area contributed by atoms with Crippen molar-refractivity contribution in [3.8, 4) is 5.75 Å². The van der Waals surface area contributed by atoms with Gasteiger partial charge in [-0.15, -0.1) is 0 Å². The molecule has 28 heavy (non-hydrogen) atoms. The van der Waals surface area contributed by atoms with Crippen molar-refractivity contribution in [2.75, 3.05) is 19.7 Å². The Labute approximate surface area is 171 Å². The lowest BCUT2D eigenvalue weighted by atomic mass is 10.0. The number of aliphatic carboxylic acids is 1. The summed E-state index contributed by atoms with van der Waals surface area (Å²) in [7, 11) is 0. The minimum absolute atomic E-state index is 0.363. The maximum atomic E-state index is 11.3. The molecule has 1 heterocycles. The number of hydrogen-bond acceptors (Lipinski definition) is 4. The molecule has 0 bridgehead atoms. The van der Waals surface area contributed by atoms with Gasteiger partial charge in [0.1, 0.15) is 18.4 Å². The molecule has 1 saturated heterocycles. The number of carboxylic acid groups (broad SMARTS) is 1. The first kappa shape index (κ1) is 20.7. The number of para-hydroxylation sites is 1. The first-order valence-electron chi connectivity index (χ1n) is 9.98. The number of benzene rings is 2. The monoisotopic (exact) mass is 399 g/mol. The fourth-order valence-corrected chi connectivity index (χ4v) is 4.49. The van der Waals surface area contributed by atoms with Crippen LogP contribution in [-0.2, 0) is 11.2 Å². The minimum Gasteiger partial charge on any atom is -0.491 e. The van der Waals surface area contributed by atoms with Gasteiger partial charge in [0.05, 0.1) is 4.90 Å². The Morgan fingerprint density at radius 1 is 1.21 bits per heavy atom. The van der Waals surface area contributed by atoms with Crippen molar-refractivity contribution in [2.24, 2.45) is 5.92 Å². The molecule has 4 nitrogen and oxygen atoms in total. The van der Waals surface area contributed by atoms with Gasteiger partial charge >= 0.3 is 5.97 Å². The molecule has 150 valence electrons. The quantitative estimate of drug-likeness (QED) is 0.645. The van der Waals surface area contributed by atoms with E-state index in [1.54, 1.807) is 11.8 Å². The van der Waals surface area contributed by atoms with Crippen LogP contribution in [0, 0.1) is 5.92 Å². The van der Waals surface area contributed by atoms with E-state index in [4.69, 9.17) is 4.74 Å². The summed E-state index contributed by atoms with van der Waals surface area (Å²) in [4.78, 5) is 15.6. The highest BCUT2D eigenvalue weighted by Gasteiger charge is 2.29. The summed E-state index contributed by atoms with van der Waals surface area (Å²) in [5.74, 6) is 0.781. The third-order valence-electron chi connectivity index (χ3n) is 4.93. The molecule has 5 heteroatoms. The number of rotatable bonds is 9. The second kappa shape index (κ2) is 9.99. The lowest BCUT2D eigenvalue weighted by molar-refractivity contribution is -0.142. The third kappa shape index (κ3) is 5.76. The number of carboxylic acids is 1. The van der Waals surface area contributed by atoms with Crippen LogP contribution < -0.4 is 4.74 Å². The van der Waals surface area contributed by atoms with Crippen LogP contribution in [0.25, 0.3) is 0 Å². The van der Waals surface area contributed by atoms with Gasteiger partial charge in [-0.1, -0.05) is 49.9 Å². The first-order valence-corrected chi connectivity index (χ1v) is 10.8. The smallest absolute Gasteiger partial charge is 0.320 e. The van der Waals surface area contributed by atoms with E-state index in [1.165, 1.54) is 10.5 Å². The average Bonchev–Trinajstić information content (AvgIpc) is 3.13. The summed E-state index contributed by atoms with van der Waals surface area (Å²) in [6.07, 6.45) is 2.77. The van der Waals surface area contributed by atoms with Crippen molar-refractivity contribution in [3.63, 3.8) is 0 Å². The van der Waals surface area contributed by atoms with E-state index in [0.29, 0.717) is 19.1 Å². The third-order valence-corrected chi connectivity index (χ3v) is 5.99. The van der Waals surface area contributed by atoms with Crippen LogP contribution in [-0.4, -0.2) is 41.7 Å². The average molecular weight is 400 g/mol. The highest BCUT2D eigenvalue weighted by atomic mass is 32.2. The van der Waals surface area contributed by atoms with E-state index in [-0.39, 0.29) is 6.04 Å². The minimum atomic E-state index is -0.727. The molecule has 0 aromatic heterocycles. The molecule has 0 amide bonds. The highest BCUT2D eigenvalue weighted by molar-refractivity contribution is 7.99. The van der Waals surface area contributed by atoms with E-state index in [1.807, 2.05) is 23.1 Å². The van der Waals surface area contributed by atoms with E-state index in [9.17, 15) is 9.90 Å². The Morgan fingerprint density at radius 2 is 1.96 bits per heavy atom. The summed E-state index contributed by atoms with van der Waals surface area (Å²) in [6.45, 7) is 6.43. The molecule has 1 N–H and O–H groups in total. The SMILES string of the molecule is CC(C)Cc1ccc(Sc2ccccc2OCCN2CCCC2C(=O)O)cc1. The molecule has 0 aliphatic carbocycles. The van der Waals surface area contributed by atoms with Gasteiger partial charge in [0, 0.05) is 11.4 Å². The molecule has 1 unspecified atom stereocenters. The zero-order chi connectivity index (χ0) is 19.9. The van der Waals surface area contributed by atoms with Crippen LogP contribution in [0.4, 0.5) is 0 Å². The van der Waals surface area contributed by atoms with Gasteiger partial charge < -0.3 is 9.84 Å². The number of nitrogens with zero attached hydrogens (tertiary/aromatic N) is 1. The van der Waals surface area contributed by atoms with Crippen LogP contribution in [0.1, 0.15) is 32.3 Å². The second-order valence-electron chi connectivity index (χ2n) is 7.67. The predicted molar refractivity (Wildman–Crippen MR) is 113 cm³/mol. The maximum Gasteiger partial charge on any atom is 0.320 e. The molecule has 0 saturated carbocycles. The fraction of sp³-hybridized carbons (Fsp3) is 0.435. The zero-order valence-electron chi connectivity index (χ0n) is 16.6. The Morgan fingerprint density at radius 3 is 2.68 bits per heavy atom. The van der Waals surface area contributed by atoms with Gasteiger partial charge in [-0.3, -0.25) is 9.69 Å². The Hall–Kier alpha value is -1.98. The highest BCUT2D eigenvalue weighted by Crippen LogP contribution is 2.35. The molecular weight excluding hydrogens is 370 g/mol. The predicted octanol–water partition coefficient (Wildman–Crippen LogP) is 4.96. The van der Waals surface area contributed by atoms with Crippen molar-refractivity contribution >= 4 is 17.7 Å². The molecule has 1 fully saturated rings. The zero-order valence-corrected chi connectivity index (χ0v) is 17.5. The lowest BCUT2D eigenvalue weighted by Crippen LogP contribution is -2.38. The Balaban J connectivity index is 1.58. The van der Waals surface area contributed by atoms with Gasteiger partial charge in [-0.2, -0.15) is 0 Å². The molecule has 1 aliphatic heterocycles. The second-order valence-corrected chi connectivity index (χ2v) is 8.79. The molecule has 1 aliphatic rings.